The van der Waals surface area contributed by atoms with E-state index in [0.717, 1.165) is 29.8 Å². The zero-order chi connectivity index (χ0) is 27.9. The highest BCUT2D eigenvalue weighted by Gasteiger charge is 2.31. The van der Waals surface area contributed by atoms with Crippen LogP contribution in [0.2, 0.25) is 0 Å². The van der Waals surface area contributed by atoms with Gasteiger partial charge in [-0.25, -0.2) is 42.7 Å². The summed E-state index contributed by atoms with van der Waals surface area (Å²) in [4.78, 5) is 40.3. The Kier molecular flexibility index (Phi) is 7.10. The summed E-state index contributed by atoms with van der Waals surface area (Å²) in [6.45, 7) is 6.16. The summed E-state index contributed by atoms with van der Waals surface area (Å²) in [5, 5.41) is 2.99. The van der Waals surface area contributed by atoms with Crippen LogP contribution in [0.25, 0.3) is 22.6 Å². The summed E-state index contributed by atoms with van der Waals surface area (Å²) in [5.74, 6) is 0.663. The molecule has 5 rings (SSSR count). The maximum Gasteiger partial charge on any atom is 0.295 e. The van der Waals surface area contributed by atoms with E-state index in [2.05, 4.69) is 25.3 Å². The van der Waals surface area contributed by atoms with E-state index in [9.17, 15) is 17.6 Å². The van der Waals surface area contributed by atoms with Crippen LogP contribution in [-0.2, 0) is 16.4 Å². The van der Waals surface area contributed by atoms with Crippen molar-refractivity contribution in [1.82, 2.24) is 34.5 Å². The quantitative estimate of drug-likeness (QED) is 0.327. The number of halogens is 1. The van der Waals surface area contributed by atoms with E-state index < -0.39 is 28.1 Å². The molecule has 0 bridgehead atoms. The van der Waals surface area contributed by atoms with Gasteiger partial charge in [0.15, 0.2) is 32.2 Å². The van der Waals surface area contributed by atoms with Crippen molar-refractivity contribution in [2.45, 2.75) is 64.1 Å². The fraction of sp³-hybridized carbons (Fsp3) is 0.423. The molecule has 0 amide bonds. The minimum Gasteiger partial charge on any atom is -0.361 e. The topological polar surface area (TPSA) is 146 Å². The number of aromatic nitrogens is 7. The first kappa shape index (κ1) is 26.7. The highest BCUT2D eigenvalue weighted by Crippen LogP contribution is 2.43. The molecule has 11 nitrogen and oxygen atoms in total. The van der Waals surface area contributed by atoms with Crippen molar-refractivity contribution < 1.29 is 12.8 Å². The van der Waals surface area contributed by atoms with Crippen molar-refractivity contribution in [3.8, 4) is 11.4 Å². The molecule has 1 saturated carbocycles. The van der Waals surface area contributed by atoms with Crippen molar-refractivity contribution in [2.24, 2.45) is 0 Å². The minimum atomic E-state index is -3.42. The molecule has 0 saturated heterocycles. The van der Waals surface area contributed by atoms with Crippen LogP contribution in [0.15, 0.2) is 34.5 Å². The van der Waals surface area contributed by atoms with Gasteiger partial charge in [0.1, 0.15) is 18.5 Å². The fourth-order valence-electron chi connectivity index (χ4n) is 4.39. The molecule has 1 aliphatic rings. The van der Waals surface area contributed by atoms with Crippen LogP contribution in [0, 0.1) is 13.8 Å². The molecule has 1 atom stereocenters. The van der Waals surface area contributed by atoms with E-state index >= 15 is 0 Å². The van der Waals surface area contributed by atoms with E-state index in [0.29, 0.717) is 28.5 Å². The van der Waals surface area contributed by atoms with Gasteiger partial charge in [-0.1, -0.05) is 13.0 Å². The number of nitrogens with one attached hydrogen (secondary N) is 1. The van der Waals surface area contributed by atoms with Crippen LogP contribution in [0.3, 0.4) is 0 Å². The average Bonchev–Trinajstić information content (AvgIpc) is 3.77. The SMILES string of the molecule is CCS(=O)(=O)c1ccc(CNc2nc3c(C)nc(-c4c(C)ncnc4C4CC4)nc3n([C@@H](C)CF)c2=O)cn1. The largest absolute Gasteiger partial charge is 0.361 e. The molecule has 204 valence electrons. The molecule has 4 heterocycles. The highest BCUT2D eigenvalue weighted by atomic mass is 32.2. The molecule has 1 aliphatic carbocycles. The number of anilines is 1. The first-order valence-corrected chi connectivity index (χ1v) is 14.4. The Hall–Kier alpha value is -3.87. The molecule has 39 heavy (non-hydrogen) atoms. The molecule has 0 aliphatic heterocycles. The van der Waals surface area contributed by atoms with Crippen LogP contribution >= 0.6 is 0 Å². The second-order valence-corrected chi connectivity index (χ2v) is 11.9. The van der Waals surface area contributed by atoms with Gasteiger partial charge in [-0.2, -0.15) is 0 Å². The number of sulfone groups is 1. The van der Waals surface area contributed by atoms with Crippen LogP contribution in [0.4, 0.5) is 10.2 Å². The van der Waals surface area contributed by atoms with E-state index in [1.54, 1.807) is 26.8 Å². The van der Waals surface area contributed by atoms with Crippen LogP contribution in [0.5, 0.6) is 0 Å². The summed E-state index contributed by atoms with van der Waals surface area (Å²) in [6, 6.07) is 2.24. The lowest BCUT2D eigenvalue weighted by Crippen LogP contribution is -2.29. The maximum absolute atomic E-state index is 14.0. The van der Waals surface area contributed by atoms with E-state index in [1.807, 2.05) is 6.92 Å². The number of alkyl halides is 1. The normalized spacial score (nSPS) is 14.5. The van der Waals surface area contributed by atoms with Crippen molar-refractivity contribution in [2.75, 3.05) is 17.7 Å². The molecule has 1 N–H and O–H groups in total. The molecule has 4 aromatic rings. The molecule has 0 unspecified atom stereocenters. The number of fused-ring (bicyclic) bond motifs is 1. The van der Waals surface area contributed by atoms with Gasteiger partial charge in [0.2, 0.25) is 0 Å². The molecular formula is C26H29FN8O3S. The summed E-state index contributed by atoms with van der Waals surface area (Å²) in [7, 11) is -3.42. The lowest BCUT2D eigenvalue weighted by atomic mass is 10.1. The first-order chi connectivity index (χ1) is 18.6. The van der Waals surface area contributed by atoms with E-state index in [1.165, 1.54) is 23.2 Å². The van der Waals surface area contributed by atoms with Crippen LogP contribution < -0.4 is 10.9 Å². The number of rotatable bonds is 9. The van der Waals surface area contributed by atoms with Gasteiger partial charge in [0, 0.05) is 18.7 Å². The van der Waals surface area contributed by atoms with E-state index in [4.69, 9.17) is 9.97 Å². The lowest BCUT2D eigenvalue weighted by molar-refractivity contribution is 0.376. The third-order valence-electron chi connectivity index (χ3n) is 6.79. The molecule has 1 fully saturated rings. The number of pyridine rings is 1. The smallest absolute Gasteiger partial charge is 0.295 e. The second-order valence-electron chi connectivity index (χ2n) is 9.70. The van der Waals surface area contributed by atoms with Gasteiger partial charge in [-0.05, 0) is 45.2 Å². The highest BCUT2D eigenvalue weighted by molar-refractivity contribution is 7.91. The summed E-state index contributed by atoms with van der Waals surface area (Å²) in [6.07, 6.45) is 5.03. The summed E-state index contributed by atoms with van der Waals surface area (Å²) >= 11 is 0. The maximum atomic E-state index is 14.0. The zero-order valence-electron chi connectivity index (χ0n) is 22.1. The Bertz CT molecular complexity index is 1720. The number of nitrogens with zero attached hydrogens (tertiary/aromatic N) is 7. The summed E-state index contributed by atoms with van der Waals surface area (Å²) < 4.78 is 39.3. The third kappa shape index (κ3) is 5.10. The Balaban J connectivity index is 1.57. The van der Waals surface area contributed by atoms with Crippen molar-refractivity contribution in [1.29, 1.82) is 0 Å². The predicted octanol–water partition coefficient (Wildman–Crippen LogP) is 3.47. The van der Waals surface area contributed by atoms with E-state index in [-0.39, 0.29) is 28.8 Å². The van der Waals surface area contributed by atoms with Gasteiger partial charge in [-0.3, -0.25) is 9.36 Å². The second kappa shape index (κ2) is 10.4. The van der Waals surface area contributed by atoms with Gasteiger partial charge >= 0.3 is 0 Å². The van der Waals surface area contributed by atoms with Gasteiger partial charge in [0.05, 0.1) is 34.4 Å². The average molecular weight is 553 g/mol. The van der Waals surface area contributed by atoms with Crippen molar-refractivity contribution >= 4 is 26.8 Å². The Morgan fingerprint density at radius 3 is 2.51 bits per heavy atom. The first-order valence-electron chi connectivity index (χ1n) is 12.7. The third-order valence-corrected chi connectivity index (χ3v) is 8.43. The molecule has 13 heteroatoms. The minimum absolute atomic E-state index is 0.00500. The Morgan fingerprint density at radius 2 is 1.87 bits per heavy atom. The predicted molar refractivity (Wildman–Crippen MR) is 144 cm³/mol. The van der Waals surface area contributed by atoms with Gasteiger partial charge in [0.25, 0.3) is 5.56 Å². The molecule has 0 radical (unpaired) electrons. The fourth-order valence-corrected chi connectivity index (χ4v) is 5.18. The molecule has 0 spiro atoms. The summed E-state index contributed by atoms with van der Waals surface area (Å²) in [5.41, 5.74) is 3.59. The van der Waals surface area contributed by atoms with Crippen molar-refractivity contribution in [3.63, 3.8) is 0 Å². The van der Waals surface area contributed by atoms with Crippen LogP contribution in [-0.4, -0.2) is 55.3 Å². The molecule has 4 aromatic heterocycles. The van der Waals surface area contributed by atoms with Crippen LogP contribution in [0.1, 0.15) is 61.3 Å². The number of hydrogen-bond acceptors (Lipinski definition) is 10. The standard InChI is InChI=1S/C26H29FN8O3S/c1-5-39(37,38)19-9-6-17(11-28-19)12-29-24-26(36)35(14(2)10-27)25-21(33-24)16(4)32-23(34-25)20-15(3)30-13-31-22(20)18-7-8-18/h6,9,11,13-14,18H,5,7-8,10,12H2,1-4H3,(H,29,33)/t14-/m0/s1. The Morgan fingerprint density at radius 1 is 1.10 bits per heavy atom. The Labute approximate surface area is 224 Å². The monoisotopic (exact) mass is 552 g/mol. The zero-order valence-corrected chi connectivity index (χ0v) is 23.0. The van der Waals surface area contributed by atoms with Gasteiger partial charge in [-0.15, -0.1) is 0 Å². The van der Waals surface area contributed by atoms with Gasteiger partial charge < -0.3 is 5.32 Å². The number of aryl methyl sites for hydroxylation is 2. The molecular weight excluding hydrogens is 523 g/mol. The molecule has 0 aromatic carbocycles. The lowest BCUT2D eigenvalue weighted by Gasteiger charge is -2.18. The van der Waals surface area contributed by atoms with Crippen molar-refractivity contribution in [3.05, 3.63) is 57.7 Å². The number of hydrogen-bond donors (Lipinski definition) is 1.